The van der Waals surface area contributed by atoms with Gasteiger partial charge in [0.1, 0.15) is 12.0 Å². The molecule has 0 radical (unpaired) electrons. The number of aromatic nitrogens is 4. The van der Waals surface area contributed by atoms with Gasteiger partial charge in [-0.15, -0.1) is 5.10 Å². The van der Waals surface area contributed by atoms with Crippen LogP contribution in [0, 0.1) is 35.5 Å². The van der Waals surface area contributed by atoms with E-state index < -0.39 is 0 Å². The zero-order chi connectivity index (χ0) is 68.6. The molecule has 6 unspecified atom stereocenters. The van der Waals surface area contributed by atoms with E-state index >= 15 is 0 Å². The second-order valence-electron chi connectivity index (χ2n) is 28.5. The maximum Gasteiger partial charge on any atom is 0.226 e. The molecule has 0 spiro atoms. The SMILES string of the molecule is CC1Cc2cccc(-c3cn(C)nn3)c2C1=O.CC1Cc2cccc(-c3ncco3)c2C1=O.CC1Cc2cccc(C(C)C)c2C1=O.CC1Cc2cccc(C3CCCCC3)c2C1=O.CC1Cc2cccc(Cc3ccccc3)c2C1=O.CCCCc1cccc2c1C(=O)C(C)C2. The first-order valence-corrected chi connectivity index (χ1v) is 35.6. The number of unbranched alkanes of at least 4 members (excludes halogenated alkanes) is 1. The summed E-state index contributed by atoms with van der Waals surface area (Å²) in [6, 6.07) is 47.4. The minimum absolute atomic E-state index is 0.0751. The van der Waals surface area contributed by atoms with Crippen molar-refractivity contribution in [2.24, 2.45) is 42.6 Å². The summed E-state index contributed by atoms with van der Waals surface area (Å²) in [5, 5.41) is 8.00. The van der Waals surface area contributed by atoms with Crippen LogP contribution in [0.15, 0.2) is 163 Å². The molecule has 16 rings (SSSR count). The lowest BCUT2D eigenvalue weighted by molar-refractivity contribution is 0.0937. The van der Waals surface area contributed by atoms with Gasteiger partial charge < -0.3 is 4.42 Å². The van der Waals surface area contributed by atoms with Gasteiger partial charge in [0.2, 0.25) is 5.89 Å². The smallest absolute Gasteiger partial charge is 0.226 e. The van der Waals surface area contributed by atoms with Crippen LogP contribution >= 0.6 is 0 Å². The highest BCUT2D eigenvalue weighted by molar-refractivity contribution is 6.08. The van der Waals surface area contributed by atoms with Crippen molar-refractivity contribution in [2.75, 3.05) is 0 Å². The Balaban J connectivity index is 0.000000118. The molecule has 7 aliphatic rings. The van der Waals surface area contributed by atoms with Crippen molar-refractivity contribution in [1.82, 2.24) is 20.0 Å². The van der Waals surface area contributed by atoms with Crippen LogP contribution in [0.4, 0.5) is 0 Å². The second-order valence-corrected chi connectivity index (χ2v) is 28.5. The van der Waals surface area contributed by atoms with Gasteiger partial charge in [0.05, 0.1) is 12.4 Å². The zero-order valence-electron chi connectivity index (χ0n) is 58.4. The fourth-order valence-corrected chi connectivity index (χ4v) is 15.6. The molecule has 2 heterocycles. The molecule has 0 bridgehead atoms. The summed E-state index contributed by atoms with van der Waals surface area (Å²) in [7, 11) is 1.82. The Morgan fingerprint density at radius 3 is 1.43 bits per heavy atom. The highest BCUT2D eigenvalue weighted by Gasteiger charge is 2.35. The summed E-state index contributed by atoms with van der Waals surface area (Å²) < 4.78 is 6.92. The molecule has 0 aliphatic heterocycles. The maximum atomic E-state index is 12.3. The first kappa shape index (κ1) is 69.3. The van der Waals surface area contributed by atoms with Crippen LogP contribution in [0.1, 0.15) is 242 Å². The van der Waals surface area contributed by atoms with Crippen LogP contribution in [-0.2, 0) is 58.4 Å². The highest BCUT2D eigenvalue weighted by Crippen LogP contribution is 2.41. The van der Waals surface area contributed by atoms with Gasteiger partial charge in [0.15, 0.2) is 34.7 Å². The van der Waals surface area contributed by atoms with Gasteiger partial charge in [-0.05, 0) is 150 Å². The van der Waals surface area contributed by atoms with Gasteiger partial charge in [-0.25, -0.2) is 4.98 Å². The van der Waals surface area contributed by atoms with Crippen molar-refractivity contribution in [1.29, 1.82) is 0 Å². The Kier molecular flexibility index (Phi) is 22.1. The van der Waals surface area contributed by atoms with Crippen LogP contribution in [0.25, 0.3) is 22.7 Å². The van der Waals surface area contributed by atoms with Crippen LogP contribution in [0.5, 0.6) is 0 Å². The Bertz CT molecular complexity index is 4360. The van der Waals surface area contributed by atoms with Crippen molar-refractivity contribution in [3.8, 4) is 22.7 Å². The maximum absolute atomic E-state index is 12.3. The van der Waals surface area contributed by atoms with E-state index in [1.54, 1.807) is 10.9 Å². The number of carbonyl (C=O) groups excluding carboxylic acids is 6. The van der Waals surface area contributed by atoms with Gasteiger partial charge in [-0.3, -0.25) is 33.4 Å². The molecule has 11 nitrogen and oxygen atoms in total. The minimum atomic E-state index is 0.0751. The molecule has 1 saturated carbocycles. The number of benzene rings is 7. The topological polar surface area (TPSA) is 159 Å². The molecule has 2 aromatic heterocycles. The summed E-state index contributed by atoms with van der Waals surface area (Å²) in [6.07, 6.45) is 21.2. The molecule has 7 aliphatic carbocycles. The van der Waals surface area contributed by atoms with E-state index in [1.807, 2.05) is 102 Å². The van der Waals surface area contributed by atoms with Crippen LogP contribution in [-0.4, -0.2) is 54.7 Å². The summed E-state index contributed by atoms with van der Waals surface area (Å²) in [5.74, 6) is 4.34. The summed E-state index contributed by atoms with van der Waals surface area (Å²) in [5.41, 5.74) is 21.8. The number of ketones is 6. The number of oxazole rings is 1. The third-order valence-corrected chi connectivity index (χ3v) is 20.7. The van der Waals surface area contributed by atoms with Crippen LogP contribution in [0.2, 0.25) is 0 Å². The summed E-state index contributed by atoms with van der Waals surface area (Å²) in [6.45, 7) is 18.6. The number of Topliss-reactive ketones (excluding diaryl/α,β-unsaturated/α-hetero) is 6. The lowest BCUT2D eigenvalue weighted by Gasteiger charge is -2.23. The van der Waals surface area contributed by atoms with Gasteiger partial charge in [-0.1, -0.05) is 227 Å². The van der Waals surface area contributed by atoms with E-state index in [4.69, 9.17) is 4.42 Å². The molecule has 6 atom stereocenters. The standard InChI is InChI=1S/C17H16O.C16H20O.C14H18O.C13H13N3O.C13H11NO2.C13H16O/c1-12-10-14-8-5-9-15(16(14)17(12)18)11-13-6-3-2-4-7-13;1-11-10-13-8-5-9-14(15(13)16(11)17)12-6-3-2-4-7-12;1-3-4-6-11-7-5-8-12-9-10(2)14(15)13(11)12;1-8-6-9-4-3-5-10(12(9)13(8)17)11-7-16(2)15-14-11;1-8-7-9-3-2-4-10(11(9)12(8)15)13-14-5-6-16-13;1-8(2)11-6-4-5-10-7-9(3)13(14)12(10)11/h2-9,12H,10-11H2,1H3;5,8-9,11-12H,2-4,6-7,10H2,1H3;5,7-8,10H,3-4,6,9H2,1-2H3;3-5,7-8H,6H2,1-2H3;2-6,8H,7H2,1H3;4-6,8-9H,7H2,1-3H3. The fraction of sp³-hybridized carbons (Fsp3) is 0.384. The van der Waals surface area contributed by atoms with E-state index in [1.165, 1.54) is 101 Å². The van der Waals surface area contributed by atoms with Gasteiger partial charge in [0, 0.05) is 87.1 Å². The molecule has 7 aromatic carbocycles. The average Bonchev–Trinajstić information content (AvgIpc) is 1.68. The van der Waals surface area contributed by atoms with E-state index in [9.17, 15) is 28.8 Å². The average molecular weight is 1300 g/mol. The van der Waals surface area contributed by atoms with E-state index in [2.05, 4.69) is 128 Å². The highest BCUT2D eigenvalue weighted by atomic mass is 16.3. The van der Waals surface area contributed by atoms with Crippen LogP contribution < -0.4 is 0 Å². The fourth-order valence-electron chi connectivity index (χ4n) is 15.6. The van der Waals surface area contributed by atoms with E-state index in [0.29, 0.717) is 40.9 Å². The van der Waals surface area contributed by atoms with Crippen molar-refractivity contribution >= 4 is 34.7 Å². The largest absolute Gasteiger partial charge is 0.445 e. The van der Waals surface area contributed by atoms with Gasteiger partial charge in [-0.2, -0.15) is 0 Å². The Morgan fingerprint density at radius 1 is 0.474 bits per heavy atom. The van der Waals surface area contributed by atoms with Crippen molar-refractivity contribution in [2.45, 2.75) is 170 Å². The molecular weight excluding hydrogens is 1200 g/mol. The first-order chi connectivity index (χ1) is 46.8. The van der Waals surface area contributed by atoms with Crippen molar-refractivity contribution < 1.29 is 33.2 Å². The lowest BCUT2D eigenvalue weighted by Crippen LogP contribution is -2.11. The minimum Gasteiger partial charge on any atom is -0.445 e. The monoisotopic (exact) mass is 1290 g/mol. The quantitative estimate of drug-likeness (QED) is 0.136. The molecule has 0 N–H and O–H groups in total. The Labute approximate surface area is 573 Å². The molecular formula is C86H94N4O7. The van der Waals surface area contributed by atoms with E-state index in [0.717, 1.165) is 113 Å². The normalized spacial score (nSPS) is 19.9. The number of nitrogens with zero attached hydrogens (tertiary/aromatic N) is 4. The predicted octanol–water partition coefficient (Wildman–Crippen LogP) is 18.9. The predicted molar refractivity (Wildman–Crippen MR) is 385 cm³/mol. The molecule has 97 heavy (non-hydrogen) atoms. The van der Waals surface area contributed by atoms with Gasteiger partial charge >= 0.3 is 0 Å². The number of rotatable bonds is 9. The number of fused-ring (bicyclic) bond motifs is 6. The molecule has 0 amide bonds. The molecule has 0 saturated heterocycles. The van der Waals surface area contributed by atoms with Crippen molar-refractivity contribution in [3.63, 3.8) is 0 Å². The Hall–Kier alpha value is -9.09. The third kappa shape index (κ3) is 15.2. The third-order valence-electron chi connectivity index (χ3n) is 20.7. The zero-order valence-corrected chi connectivity index (χ0v) is 58.4. The molecule has 500 valence electrons. The summed E-state index contributed by atoms with van der Waals surface area (Å²) >= 11 is 0. The van der Waals surface area contributed by atoms with Gasteiger partial charge in [0.25, 0.3) is 0 Å². The van der Waals surface area contributed by atoms with Crippen LogP contribution in [0.3, 0.4) is 0 Å². The molecule has 1 fully saturated rings. The Morgan fingerprint density at radius 2 is 0.918 bits per heavy atom. The van der Waals surface area contributed by atoms with Crippen molar-refractivity contribution in [3.05, 3.63) is 253 Å². The molecule has 11 heteroatoms. The number of hydrogen-bond acceptors (Lipinski definition) is 10. The number of carbonyl (C=O) groups is 6. The van der Waals surface area contributed by atoms with E-state index in [-0.39, 0.29) is 47.1 Å². The second kappa shape index (κ2) is 31.0. The lowest BCUT2D eigenvalue weighted by atomic mass is 9.81. The number of aryl methyl sites for hydroxylation is 2. The molecule has 9 aromatic rings. The first-order valence-electron chi connectivity index (χ1n) is 35.6. The summed E-state index contributed by atoms with van der Waals surface area (Å²) in [4.78, 5) is 76.7. The number of hydrogen-bond donors (Lipinski definition) is 0.